The fourth-order valence-corrected chi connectivity index (χ4v) is 8.42. The van der Waals surface area contributed by atoms with E-state index in [4.69, 9.17) is 8.83 Å². The van der Waals surface area contributed by atoms with Crippen molar-refractivity contribution in [3.8, 4) is 44.5 Å². The molecule has 2 aromatic heterocycles. The van der Waals surface area contributed by atoms with Crippen molar-refractivity contribution in [2.45, 2.75) is 0 Å². The molecule has 0 aliphatic rings. The first kappa shape index (κ1) is 32.8. The van der Waals surface area contributed by atoms with Gasteiger partial charge in [0, 0.05) is 44.3 Å². The minimum absolute atomic E-state index is 0.819. The van der Waals surface area contributed by atoms with Crippen LogP contribution in [0.15, 0.2) is 221 Å². The molecule has 0 N–H and O–H groups in total. The van der Waals surface area contributed by atoms with E-state index in [2.05, 4.69) is 199 Å². The zero-order chi connectivity index (χ0) is 37.7. The van der Waals surface area contributed by atoms with Crippen molar-refractivity contribution >= 4 is 60.9 Å². The van der Waals surface area contributed by atoms with Crippen molar-refractivity contribution in [1.29, 1.82) is 0 Å². The smallest absolute Gasteiger partial charge is 0.147 e. The number of para-hydroxylation sites is 2. The number of rotatable bonds is 7. The molecule has 57 heavy (non-hydrogen) atoms. The van der Waals surface area contributed by atoms with E-state index in [9.17, 15) is 0 Å². The molecule has 0 radical (unpaired) electrons. The highest BCUT2D eigenvalue weighted by molar-refractivity contribution is 6.30. The van der Waals surface area contributed by atoms with Crippen molar-refractivity contribution in [3.63, 3.8) is 0 Å². The molecule has 0 saturated carbocycles. The van der Waals surface area contributed by atoms with Crippen LogP contribution < -0.4 is 4.90 Å². The molecule has 0 aliphatic heterocycles. The van der Waals surface area contributed by atoms with E-state index < -0.39 is 0 Å². The molecule has 3 heteroatoms. The number of hydrogen-bond donors (Lipinski definition) is 0. The minimum Gasteiger partial charge on any atom is -0.455 e. The average molecular weight is 730 g/mol. The average Bonchev–Trinajstić information content (AvgIpc) is 3.87. The predicted octanol–water partition coefficient (Wildman–Crippen LogP) is 15.6. The molecular weight excluding hydrogens is 695 g/mol. The summed E-state index contributed by atoms with van der Waals surface area (Å²) in [5, 5.41) is 4.21. The Morgan fingerprint density at radius 2 is 0.614 bits per heavy atom. The molecule has 9 aromatic carbocycles. The minimum atomic E-state index is 0.819. The number of fused-ring (bicyclic) bond motifs is 7. The maximum absolute atomic E-state index is 6.85. The van der Waals surface area contributed by atoms with Gasteiger partial charge in [-0.2, -0.15) is 0 Å². The van der Waals surface area contributed by atoms with E-state index in [1.54, 1.807) is 0 Å². The second kappa shape index (κ2) is 13.6. The second-order valence-electron chi connectivity index (χ2n) is 14.4. The summed E-state index contributed by atoms with van der Waals surface area (Å²) < 4.78 is 13.6. The zero-order valence-corrected chi connectivity index (χ0v) is 31.0. The number of furan rings is 2. The largest absolute Gasteiger partial charge is 0.455 e. The van der Waals surface area contributed by atoms with E-state index in [1.807, 2.05) is 18.2 Å². The van der Waals surface area contributed by atoms with Crippen molar-refractivity contribution in [2.75, 3.05) is 4.90 Å². The quantitative estimate of drug-likeness (QED) is 0.164. The number of benzene rings is 9. The molecule has 0 amide bonds. The van der Waals surface area contributed by atoms with E-state index >= 15 is 0 Å². The molecule has 11 rings (SSSR count). The lowest BCUT2D eigenvalue weighted by Crippen LogP contribution is -2.09. The Bertz CT molecular complexity index is 3100. The third-order valence-corrected chi connectivity index (χ3v) is 11.1. The summed E-state index contributed by atoms with van der Waals surface area (Å²) in [5.74, 6) is 0. The third kappa shape index (κ3) is 5.60. The zero-order valence-electron chi connectivity index (χ0n) is 31.0. The van der Waals surface area contributed by atoms with Crippen molar-refractivity contribution in [3.05, 3.63) is 212 Å². The van der Waals surface area contributed by atoms with Crippen LogP contribution in [0.25, 0.3) is 88.4 Å². The van der Waals surface area contributed by atoms with Crippen molar-refractivity contribution in [2.24, 2.45) is 0 Å². The first-order chi connectivity index (χ1) is 28.3. The first-order valence-corrected chi connectivity index (χ1v) is 19.3. The highest BCUT2D eigenvalue weighted by Crippen LogP contribution is 2.51. The van der Waals surface area contributed by atoms with Gasteiger partial charge in [-0.25, -0.2) is 0 Å². The highest BCUT2D eigenvalue weighted by Gasteiger charge is 2.26. The SMILES string of the molecule is c1ccc(-c2ccc(N(c3ccc(-c4ccccc4)cc3)c3ccc(-c4c(-c5ccccc5)c5c6ccccc6oc5c5c4oc4ccccc45)cc3)cc2)cc1. The lowest BCUT2D eigenvalue weighted by atomic mass is 9.88. The molecule has 268 valence electrons. The van der Waals surface area contributed by atoms with Gasteiger partial charge in [0.2, 0.25) is 0 Å². The van der Waals surface area contributed by atoms with Gasteiger partial charge in [0.05, 0.1) is 5.39 Å². The summed E-state index contributed by atoms with van der Waals surface area (Å²) in [6, 6.07) is 74.9. The van der Waals surface area contributed by atoms with Gasteiger partial charge in [-0.15, -0.1) is 0 Å². The fraction of sp³-hybridized carbons (Fsp3) is 0. The van der Waals surface area contributed by atoms with Crippen LogP contribution in [0, 0.1) is 0 Å². The highest BCUT2D eigenvalue weighted by atomic mass is 16.3. The van der Waals surface area contributed by atoms with Crippen LogP contribution in [0.3, 0.4) is 0 Å². The molecule has 0 atom stereocenters. The summed E-state index contributed by atoms with van der Waals surface area (Å²) in [5.41, 5.74) is 15.6. The van der Waals surface area contributed by atoms with E-state index in [-0.39, 0.29) is 0 Å². The lowest BCUT2D eigenvalue weighted by Gasteiger charge is -2.26. The Morgan fingerprint density at radius 1 is 0.263 bits per heavy atom. The van der Waals surface area contributed by atoms with Crippen LogP contribution >= 0.6 is 0 Å². The van der Waals surface area contributed by atoms with Crippen LogP contribution in [-0.4, -0.2) is 0 Å². The van der Waals surface area contributed by atoms with E-state index in [0.717, 1.165) is 83.2 Å². The fourth-order valence-electron chi connectivity index (χ4n) is 8.42. The second-order valence-corrected chi connectivity index (χ2v) is 14.4. The maximum Gasteiger partial charge on any atom is 0.147 e. The number of hydrogen-bond acceptors (Lipinski definition) is 3. The summed E-state index contributed by atoms with van der Waals surface area (Å²) in [6.07, 6.45) is 0. The van der Waals surface area contributed by atoms with Crippen molar-refractivity contribution < 1.29 is 8.83 Å². The molecule has 11 aromatic rings. The van der Waals surface area contributed by atoms with Crippen LogP contribution in [-0.2, 0) is 0 Å². The van der Waals surface area contributed by atoms with Gasteiger partial charge in [-0.05, 0) is 81.9 Å². The van der Waals surface area contributed by atoms with Crippen LogP contribution in [0.4, 0.5) is 17.1 Å². The Labute approximate surface area is 330 Å². The van der Waals surface area contributed by atoms with E-state index in [0.29, 0.717) is 0 Å². The lowest BCUT2D eigenvalue weighted by molar-refractivity contribution is 0.663. The van der Waals surface area contributed by atoms with Crippen LogP contribution in [0.1, 0.15) is 0 Å². The monoisotopic (exact) mass is 729 g/mol. The molecule has 0 bridgehead atoms. The molecule has 0 saturated heterocycles. The Morgan fingerprint density at radius 3 is 1.11 bits per heavy atom. The van der Waals surface area contributed by atoms with Crippen molar-refractivity contribution in [1.82, 2.24) is 0 Å². The number of nitrogens with zero attached hydrogens (tertiary/aromatic N) is 1. The topological polar surface area (TPSA) is 29.5 Å². The van der Waals surface area contributed by atoms with Gasteiger partial charge >= 0.3 is 0 Å². The van der Waals surface area contributed by atoms with Crippen LogP contribution in [0.5, 0.6) is 0 Å². The van der Waals surface area contributed by atoms with Gasteiger partial charge in [-0.1, -0.05) is 164 Å². The molecule has 3 nitrogen and oxygen atoms in total. The summed E-state index contributed by atoms with van der Waals surface area (Å²) in [4.78, 5) is 2.33. The first-order valence-electron chi connectivity index (χ1n) is 19.3. The standard InChI is InChI=1S/C54H35NO2/c1-4-14-36(15-5-1)38-24-30-42(31-25-38)55(43-32-26-39(27-33-43)37-16-6-2-7-17-37)44-34-28-41(29-35-44)50-49(40-18-8-3-9-19-40)51-45-20-10-12-22-47(45)57-54(51)52-46-21-11-13-23-48(46)56-53(50)52/h1-35H. The summed E-state index contributed by atoms with van der Waals surface area (Å²) >= 11 is 0. The van der Waals surface area contributed by atoms with Crippen LogP contribution in [0.2, 0.25) is 0 Å². The molecule has 2 heterocycles. The van der Waals surface area contributed by atoms with Gasteiger partial charge < -0.3 is 13.7 Å². The molecule has 0 unspecified atom stereocenters. The Hall–Kier alpha value is -7.62. The molecule has 0 aliphatic carbocycles. The molecular formula is C54H35NO2. The summed E-state index contributed by atoms with van der Waals surface area (Å²) in [6.45, 7) is 0. The van der Waals surface area contributed by atoms with Gasteiger partial charge in [0.15, 0.2) is 0 Å². The maximum atomic E-state index is 6.85. The number of anilines is 3. The van der Waals surface area contributed by atoms with Gasteiger partial charge in [0.25, 0.3) is 0 Å². The van der Waals surface area contributed by atoms with Gasteiger partial charge in [-0.3, -0.25) is 0 Å². The third-order valence-electron chi connectivity index (χ3n) is 11.1. The Balaban J connectivity index is 1.11. The molecule has 0 spiro atoms. The van der Waals surface area contributed by atoms with Gasteiger partial charge in [0.1, 0.15) is 22.3 Å². The molecule has 0 fully saturated rings. The summed E-state index contributed by atoms with van der Waals surface area (Å²) in [7, 11) is 0. The van der Waals surface area contributed by atoms with E-state index in [1.165, 1.54) is 22.3 Å². The predicted molar refractivity (Wildman–Crippen MR) is 237 cm³/mol. The normalized spacial score (nSPS) is 11.5. The Kier molecular flexibility index (Phi) is 7.82.